The van der Waals surface area contributed by atoms with Gasteiger partial charge in [0, 0.05) is 55.5 Å². The predicted octanol–water partition coefficient (Wildman–Crippen LogP) is 4.30. The average molecular weight is 376 g/mol. The molecule has 1 aliphatic carbocycles. The number of benzene rings is 1. The Bertz CT molecular complexity index is 803. The van der Waals surface area contributed by atoms with Crippen molar-refractivity contribution in [3.63, 3.8) is 0 Å². The van der Waals surface area contributed by atoms with Gasteiger partial charge in [-0.05, 0) is 30.5 Å². The van der Waals surface area contributed by atoms with Gasteiger partial charge in [0.15, 0.2) is 0 Å². The van der Waals surface area contributed by atoms with E-state index in [1.54, 1.807) is 0 Å². The maximum absolute atomic E-state index is 13.5. The monoisotopic (exact) mass is 375 g/mol. The molecule has 0 unspecified atom stereocenters. The molecule has 2 aromatic rings. The van der Waals surface area contributed by atoms with Crippen LogP contribution in [0, 0.1) is 17.8 Å². The number of fused-ring (bicyclic) bond motifs is 1. The van der Waals surface area contributed by atoms with Gasteiger partial charge in [0.2, 0.25) is 5.91 Å². The van der Waals surface area contributed by atoms with E-state index in [0.717, 1.165) is 32.5 Å². The topological polar surface area (TPSA) is 36.4 Å². The van der Waals surface area contributed by atoms with E-state index in [-0.39, 0.29) is 12.0 Å². The first-order valence-corrected chi connectivity index (χ1v) is 10.8. The van der Waals surface area contributed by atoms with Crippen molar-refractivity contribution in [1.29, 1.82) is 0 Å². The van der Waals surface area contributed by atoms with Crippen LogP contribution in [0.4, 0.5) is 5.69 Å². The summed E-state index contributed by atoms with van der Waals surface area (Å²) in [5.74, 6) is 1.71. The fourth-order valence-electron chi connectivity index (χ4n) is 5.70. The molecule has 28 heavy (non-hydrogen) atoms. The molecular weight excluding hydrogens is 346 g/mol. The standard InChI is InChI=1S/C24H29N3O/c28-24(19-9-5-2-6-10-19)27-16-20-15-26(21-11-13-25-14-12-21)17-22(20)23(27)18-7-3-1-4-8-18/h1,3-4,7-8,11-14,19-20,22-23H,2,5-6,9-10,15-17H2/t20-,22-,23+/m0/s1. The van der Waals surface area contributed by atoms with Crippen molar-refractivity contribution in [2.45, 2.75) is 38.1 Å². The molecule has 2 aliphatic heterocycles. The third-order valence-electron chi connectivity index (χ3n) is 7.07. The molecule has 4 heteroatoms. The first-order valence-electron chi connectivity index (χ1n) is 10.8. The fraction of sp³-hybridized carbons (Fsp3) is 0.500. The minimum atomic E-state index is 0.215. The van der Waals surface area contributed by atoms with Crippen LogP contribution < -0.4 is 4.90 Å². The Morgan fingerprint density at radius 2 is 1.64 bits per heavy atom. The summed E-state index contributed by atoms with van der Waals surface area (Å²) in [5.41, 5.74) is 2.55. The summed E-state index contributed by atoms with van der Waals surface area (Å²) in [6, 6.07) is 15.1. The zero-order valence-electron chi connectivity index (χ0n) is 16.4. The Balaban J connectivity index is 1.42. The quantitative estimate of drug-likeness (QED) is 0.803. The maximum Gasteiger partial charge on any atom is 0.226 e. The Morgan fingerprint density at radius 1 is 0.893 bits per heavy atom. The number of likely N-dealkylation sites (tertiary alicyclic amines) is 1. The number of nitrogens with zero attached hydrogens (tertiary/aromatic N) is 3. The number of amides is 1. The minimum Gasteiger partial charge on any atom is -0.371 e. The minimum absolute atomic E-state index is 0.215. The average Bonchev–Trinajstić information content (AvgIpc) is 3.33. The summed E-state index contributed by atoms with van der Waals surface area (Å²) < 4.78 is 0. The molecule has 1 saturated carbocycles. The molecule has 3 aliphatic rings. The van der Waals surface area contributed by atoms with Crippen molar-refractivity contribution in [2.24, 2.45) is 17.8 Å². The number of anilines is 1. The van der Waals surface area contributed by atoms with Crippen LogP contribution in [0.2, 0.25) is 0 Å². The van der Waals surface area contributed by atoms with Crippen molar-refractivity contribution >= 4 is 11.6 Å². The molecule has 1 aromatic heterocycles. The van der Waals surface area contributed by atoms with Crippen LogP contribution in [0.5, 0.6) is 0 Å². The van der Waals surface area contributed by atoms with Gasteiger partial charge in [-0.25, -0.2) is 0 Å². The van der Waals surface area contributed by atoms with Gasteiger partial charge in [0.25, 0.3) is 0 Å². The Hall–Kier alpha value is -2.36. The van der Waals surface area contributed by atoms with Gasteiger partial charge >= 0.3 is 0 Å². The summed E-state index contributed by atoms with van der Waals surface area (Å²) >= 11 is 0. The molecule has 146 valence electrons. The number of aromatic nitrogens is 1. The first-order chi connectivity index (χ1) is 13.8. The highest BCUT2D eigenvalue weighted by Crippen LogP contribution is 2.47. The van der Waals surface area contributed by atoms with Crippen LogP contribution in [0.3, 0.4) is 0 Å². The highest BCUT2D eigenvalue weighted by molar-refractivity contribution is 5.80. The zero-order chi connectivity index (χ0) is 18.9. The van der Waals surface area contributed by atoms with Crippen molar-refractivity contribution in [3.8, 4) is 0 Å². The van der Waals surface area contributed by atoms with Crippen molar-refractivity contribution in [3.05, 3.63) is 60.4 Å². The summed E-state index contributed by atoms with van der Waals surface area (Å²) in [4.78, 5) is 22.4. The molecule has 0 N–H and O–H groups in total. The number of carbonyl (C=O) groups excluding carboxylic acids is 1. The summed E-state index contributed by atoms with van der Waals surface area (Å²) in [5, 5.41) is 0. The van der Waals surface area contributed by atoms with Crippen molar-refractivity contribution < 1.29 is 4.79 Å². The van der Waals surface area contributed by atoms with Crippen LogP contribution in [0.1, 0.15) is 43.7 Å². The Kier molecular flexibility index (Phi) is 4.79. The zero-order valence-corrected chi connectivity index (χ0v) is 16.4. The van der Waals surface area contributed by atoms with Crippen LogP contribution in [-0.2, 0) is 4.79 Å². The predicted molar refractivity (Wildman–Crippen MR) is 111 cm³/mol. The lowest BCUT2D eigenvalue weighted by molar-refractivity contribution is -0.138. The van der Waals surface area contributed by atoms with Crippen LogP contribution in [0.25, 0.3) is 0 Å². The molecule has 1 amide bonds. The fourth-order valence-corrected chi connectivity index (χ4v) is 5.70. The molecule has 3 fully saturated rings. The molecule has 0 bridgehead atoms. The van der Waals surface area contributed by atoms with E-state index < -0.39 is 0 Å². The van der Waals surface area contributed by atoms with Gasteiger partial charge in [0.05, 0.1) is 6.04 Å². The van der Waals surface area contributed by atoms with Crippen molar-refractivity contribution in [1.82, 2.24) is 9.88 Å². The first kappa shape index (κ1) is 17.7. The van der Waals surface area contributed by atoms with E-state index in [0.29, 0.717) is 17.7 Å². The second kappa shape index (κ2) is 7.57. The van der Waals surface area contributed by atoms with E-state index in [9.17, 15) is 4.79 Å². The van der Waals surface area contributed by atoms with Crippen LogP contribution in [0.15, 0.2) is 54.9 Å². The smallest absolute Gasteiger partial charge is 0.226 e. The largest absolute Gasteiger partial charge is 0.371 e. The van der Waals surface area contributed by atoms with Gasteiger partial charge < -0.3 is 9.80 Å². The Morgan fingerprint density at radius 3 is 2.39 bits per heavy atom. The van der Waals surface area contributed by atoms with E-state index in [2.05, 4.69) is 57.2 Å². The van der Waals surface area contributed by atoms with Gasteiger partial charge in [-0.2, -0.15) is 0 Å². The van der Waals surface area contributed by atoms with Crippen LogP contribution >= 0.6 is 0 Å². The highest BCUT2D eigenvalue weighted by atomic mass is 16.2. The molecular formula is C24H29N3O. The number of hydrogen-bond acceptors (Lipinski definition) is 3. The van der Waals surface area contributed by atoms with Gasteiger partial charge in [-0.1, -0.05) is 49.6 Å². The SMILES string of the molecule is O=C(C1CCCCC1)N1C[C@@H]2CN(c3ccncc3)C[C@@H]2[C@H]1c1ccccc1. The lowest BCUT2D eigenvalue weighted by atomic mass is 9.87. The molecule has 5 rings (SSSR count). The molecule has 4 nitrogen and oxygen atoms in total. The highest BCUT2D eigenvalue weighted by Gasteiger charge is 2.50. The maximum atomic E-state index is 13.5. The molecule has 0 radical (unpaired) electrons. The second-order valence-corrected chi connectivity index (χ2v) is 8.72. The lowest BCUT2D eigenvalue weighted by Gasteiger charge is -2.34. The summed E-state index contributed by atoms with van der Waals surface area (Å²) in [6.45, 7) is 2.95. The molecule has 1 aromatic carbocycles. The molecule has 3 atom stereocenters. The van der Waals surface area contributed by atoms with Crippen molar-refractivity contribution in [2.75, 3.05) is 24.5 Å². The van der Waals surface area contributed by atoms with Gasteiger partial charge in [0.1, 0.15) is 0 Å². The number of rotatable bonds is 3. The lowest BCUT2D eigenvalue weighted by Crippen LogP contribution is -2.39. The molecule has 0 spiro atoms. The number of pyridine rings is 1. The molecule has 2 saturated heterocycles. The third-order valence-corrected chi connectivity index (χ3v) is 7.07. The van der Waals surface area contributed by atoms with E-state index in [1.165, 1.54) is 30.5 Å². The number of carbonyl (C=O) groups is 1. The van der Waals surface area contributed by atoms with E-state index in [1.807, 2.05) is 12.4 Å². The van der Waals surface area contributed by atoms with Gasteiger partial charge in [-0.3, -0.25) is 9.78 Å². The molecule has 3 heterocycles. The van der Waals surface area contributed by atoms with E-state index >= 15 is 0 Å². The third kappa shape index (κ3) is 3.19. The van der Waals surface area contributed by atoms with Gasteiger partial charge in [-0.15, -0.1) is 0 Å². The normalized spacial score (nSPS) is 27.8. The van der Waals surface area contributed by atoms with Crippen LogP contribution in [-0.4, -0.2) is 35.4 Å². The van der Waals surface area contributed by atoms with E-state index in [4.69, 9.17) is 0 Å². The summed E-state index contributed by atoms with van der Waals surface area (Å²) in [7, 11) is 0. The second-order valence-electron chi connectivity index (χ2n) is 8.72. The Labute approximate surface area is 167 Å². The summed E-state index contributed by atoms with van der Waals surface area (Å²) in [6.07, 6.45) is 9.61. The number of hydrogen-bond donors (Lipinski definition) is 0.